The average molecular weight is 443 g/mol. The molecule has 31 heavy (non-hydrogen) atoms. The number of hydrogen-bond acceptors (Lipinski definition) is 5. The smallest absolute Gasteiger partial charge is 0.249 e. The third-order valence-corrected chi connectivity index (χ3v) is 8.19. The van der Waals surface area contributed by atoms with Crippen LogP contribution < -0.4 is 15.1 Å². The minimum atomic E-state index is -3.45. The highest BCUT2D eigenvalue weighted by atomic mass is 32.2. The largest absolute Gasteiger partial charge is 0.355 e. The van der Waals surface area contributed by atoms with Crippen LogP contribution in [-0.4, -0.2) is 51.9 Å². The second-order valence-corrected chi connectivity index (χ2v) is 10.7. The van der Waals surface area contributed by atoms with Crippen molar-refractivity contribution in [2.24, 2.45) is 0 Å². The van der Waals surface area contributed by atoms with E-state index in [1.807, 2.05) is 26.1 Å². The normalized spacial score (nSPS) is 19.8. The Labute approximate surface area is 184 Å². The van der Waals surface area contributed by atoms with Gasteiger partial charge in [-0.15, -0.1) is 0 Å². The maximum atomic E-state index is 12.8. The van der Waals surface area contributed by atoms with Gasteiger partial charge in [0, 0.05) is 38.6 Å². The van der Waals surface area contributed by atoms with Gasteiger partial charge in [-0.2, -0.15) is 0 Å². The molecule has 1 amide bonds. The van der Waals surface area contributed by atoms with Crippen molar-refractivity contribution in [3.05, 3.63) is 42.5 Å². The first-order valence-electron chi connectivity index (χ1n) is 10.7. The fraction of sp³-hybridized carbons (Fsp3) is 0.435. The molecule has 1 atom stereocenters. The average Bonchev–Trinajstić information content (AvgIpc) is 3.27. The van der Waals surface area contributed by atoms with Gasteiger partial charge < -0.3 is 15.1 Å². The van der Waals surface area contributed by atoms with E-state index >= 15 is 0 Å². The van der Waals surface area contributed by atoms with Gasteiger partial charge in [0.1, 0.15) is 6.04 Å². The topological polar surface area (TPSA) is 73.0 Å². The van der Waals surface area contributed by atoms with Crippen molar-refractivity contribution in [1.29, 1.82) is 0 Å². The van der Waals surface area contributed by atoms with E-state index in [9.17, 15) is 13.2 Å². The zero-order valence-electron chi connectivity index (χ0n) is 18.5. The summed E-state index contributed by atoms with van der Waals surface area (Å²) in [5, 5.41) is 3.38. The maximum Gasteiger partial charge on any atom is 0.249 e. The van der Waals surface area contributed by atoms with Crippen molar-refractivity contribution in [1.82, 2.24) is 4.31 Å². The van der Waals surface area contributed by atoms with Gasteiger partial charge in [0.2, 0.25) is 15.9 Å². The number of amides is 1. The summed E-state index contributed by atoms with van der Waals surface area (Å²) in [5.74, 6) is 0.123. The Bertz CT molecular complexity index is 1080. The van der Waals surface area contributed by atoms with Gasteiger partial charge in [0.15, 0.2) is 0 Å². The summed E-state index contributed by atoms with van der Waals surface area (Å²) in [5.41, 5.74) is 3.70. The molecule has 0 spiro atoms. The third-order valence-electron chi connectivity index (χ3n) is 6.36. The zero-order chi connectivity index (χ0) is 22.3. The Morgan fingerprint density at radius 2 is 1.58 bits per heavy atom. The SMILES string of the molecule is C[C@@H]1C(=O)N(C)c2ccc(Nc3ccc(S(=O)(=O)N(C)C)cc3)cc2N1C1CCCC1. The molecular formula is C23H30N4O3S. The van der Waals surface area contributed by atoms with Gasteiger partial charge in [0.05, 0.1) is 16.3 Å². The van der Waals surface area contributed by atoms with Gasteiger partial charge in [0.25, 0.3) is 0 Å². The van der Waals surface area contributed by atoms with Gasteiger partial charge in [-0.1, -0.05) is 12.8 Å². The Morgan fingerprint density at radius 1 is 0.968 bits per heavy atom. The molecule has 1 fully saturated rings. The van der Waals surface area contributed by atoms with E-state index in [0.29, 0.717) is 6.04 Å². The Kier molecular flexibility index (Phi) is 5.70. The highest BCUT2D eigenvalue weighted by Gasteiger charge is 2.38. The first kappa shape index (κ1) is 21.6. The summed E-state index contributed by atoms with van der Waals surface area (Å²) >= 11 is 0. The van der Waals surface area contributed by atoms with E-state index < -0.39 is 10.0 Å². The number of hydrogen-bond donors (Lipinski definition) is 1. The quantitative estimate of drug-likeness (QED) is 0.763. The summed E-state index contributed by atoms with van der Waals surface area (Å²) in [4.78, 5) is 17.1. The van der Waals surface area contributed by atoms with Crippen molar-refractivity contribution in [3.63, 3.8) is 0 Å². The lowest BCUT2D eigenvalue weighted by atomic mass is 10.0. The van der Waals surface area contributed by atoms with E-state index in [1.165, 1.54) is 31.2 Å². The highest BCUT2D eigenvalue weighted by molar-refractivity contribution is 7.89. The number of nitrogens with zero attached hydrogens (tertiary/aromatic N) is 3. The Balaban J connectivity index is 1.64. The van der Waals surface area contributed by atoms with Crippen LogP contribution in [0.5, 0.6) is 0 Å². The minimum absolute atomic E-state index is 0.123. The maximum absolute atomic E-state index is 12.8. The summed E-state index contributed by atoms with van der Waals surface area (Å²) in [7, 11) is 1.43. The molecule has 7 nitrogen and oxygen atoms in total. The molecule has 1 aliphatic carbocycles. The number of anilines is 4. The predicted octanol–water partition coefficient (Wildman–Crippen LogP) is 3.79. The number of nitrogens with one attached hydrogen (secondary N) is 1. The minimum Gasteiger partial charge on any atom is -0.355 e. The molecule has 1 N–H and O–H groups in total. The molecule has 1 heterocycles. The van der Waals surface area contributed by atoms with Crippen LogP contribution in [0.1, 0.15) is 32.6 Å². The van der Waals surface area contributed by atoms with Crippen molar-refractivity contribution in [2.75, 3.05) is 36.3 Å². The van der Waals surface area contributed by atoms with Crippen molar-refractivity contribution < 1.29 is 13.2 Å². The lowest BCUT2D eigenvalue weighted by molar-refractivity contribution is -0.119. The number of fused-ring (bicyclic) bond motifs is 1. The molecule has 0 radical (unpaired) electrons. The van der Waals surface area contributed by atoms with E-state index in [0.717, 1.165) is 35.6 Å². The molecular weight excluding hydrogens is 412 g/mol. The molecule has 0 bridgehead atoms. The van der Waals surface area contributed by atoms with Crippen molar-refractivity contribution in [3.8, 4) is 0 Å². The standard InChI is InChI=1S/C23H30N4O3S/c1-16-23(28)26(4)21-14-11-18(15-22(21)27(16)19-7-5-6-8-19)24-17-9-12-20(13-10-17)31(29,30)25(2)3/h9-16,19,24H,5-8H2,1-4H3/t16-/m1/s1. The Morgan fingerprint density at radius 3 is 2.19 bits per heavy atom. The molecule has 1 saturated carbocycles. The molecule has 4 rings (SSSR count). The molecule has 2 aliphatic rings. The van der Waals surface area contributed by atoms with E-state index in [2.05, 4.69) is 16.3 Å². The van der Waals surface area contributed by atoms with Gasteiger partial charge in [-0.3, -0.25) is 4.79 Å². The molecule has 0 aromatic heterocycles. The van der Waals surface area contributed by atoms with E-state index in [-0.39, 0.29) is 16.8 Å². The van der Waals surface area contributed by atoms with Crippen LogP contribution in [0, 0.1) is 0 Å². The molecule has 0 saturated heterocycles. The third kappa shape index (κ3) is 3.90. The molecule has 8 heteroatoms. The first-order chi connectivity index (χ1) is 14.7. The number of rotatable bonds is 5. The number of sulfonamides is 1. The second kappa shape index (κ2) is 8.16. The van der Waals surface area contributed by atoms with Crippen LogP contribution in [0.3, 0.4) is 0 Å². The number of benzene rings is 2. The van der Waals surface area contributed by atoms with Crippen LogP contribution in [0.25, 0.3) is 0 Å². The van der Waals surface area contributed by atoms with E-state index in [1.54, 1.807) is 29.2 Å². The highest BCUT2D eigenvalue weighted by Crippen LogP contribution is 2.42. The fourth-order valence-electron chi connectivity index (χ4n) is 4.60. The van der Waals surface area contributed by atoms with Gasteiger partial charge in [-0.05, 0) is 62.2 Å². The van der Waals surface area contributed by atoms with Gasteiger partial charge >= 0.3 is 0 Å². The summed E-state index contributed by atoms with van der Waals surface area (Å²) in [6.07, 6.45) is 4.63. The molecule has 1 aliphatic heterocycles. The fourth-order valence-corrected chi connectivity index (χ4v) is 5.50. The summed E-state index contributed by atoms with van der Waals surface area (Å²) < 4.78 is 25.8. The van der Waals surface area contributed by atoms with Crippen LogP contribution in [0.4, 0.5) is 22.7 Å². The Hall–Kier alpha value is -2.58. The summed E-state index contributed by atoms with van der Waals surface area (Å²) in [6.45, 7) is 1.99. The predicted molar refractivity (Wildman–Crippen MR) is 125 cm³/mol. The molecule has 166 valence electrons. The summed E-state index contributed by atoms with van der Waals surface area (Å²) in [6, 6.07) is 13.0. The molecule has 0 unspecified atom stereocenters. The lowest BCUT2D eigenvalue weighted by Gasteiger charge is -2.43. The lowest BCUT2D eigenvalue weighted by Crippen LogP contribution is -2.54. The monoisotopic (exact) mass is 442 g/mol. The molecule has 2 aromatic rings. The van der Waals surface area contributed by atoms with Crippen molar-refractivity contribution >= 4 is 38.7 Å². The van der Waals surface area contributed by atoms with Crippen molar-refractivity contribution in [2.45, 2.75) is 49.6 Å². The first-order valence-corrected chi connectivity index (χ1v) is 12.1. The van der Waals surface area contributed by atoms with Crippen LogP contribution in [-0.2, 0) is 14.8 Å². The second-order valence-electron chi connectivity index (χ2n) is 8.56. The number of carbonyl (C=O) groups is 1. The number of carbonyl (C=O) groups excluding carboxylic acids is 1. The van der Waals surface area contributed by atoms with Crippen LogP contribution in [0.2, 0.25) is 0 Å². The number of likely N-dealkylation sites (N-methyl/N-ethyl adjacent to an activating group) is 1. The van der Waals surface area contributed by atoms with Crippen LogP contribution in [0.15, 0.2) is 47.4 Å². The van der Waals surface area contributed by atoms with Gasteiger partial charge in [-0.25, -0.2) is 12.7 Å². The zero-order valence-corrected chi connectivity index (χ0v) is 19.3. The molecule has 2 aromatic carbocycles. The van der Waals surface area contributed by atoms with E-state index in [4.69, 9.17) is 0 Å². The van der Waals surface area contributed by atoms with Crippen LogP contribution >= 0.6 is 0 Å².